The Kier molecular flexibility index (Phi) is 4.68. The standard InChI is InChI=1S/C17H16F2O2/c1-11-5-6-16(19)10-13(11)9-14(17(20)21)7-12-3-2-4-15(18)8-12/h2-6,8,10,14H,7,9H2,1H3,(H,20,21). The van der Waals surface area contributed by atoms with Gasteiger partial charge in [0, 0.05) is 0 Å². The van der Waals surface area contributed by atoms with Gasteiger partial charge in [0.2, 0.25) is 0 Å². The summed E-state index contributed by atoms with van der Waals surface area (Å²) in [7, 11) is 0. The van der Waals surface area contributed by atoms with Crippen molar-refractivity contribution in [2.75, 3.05) is 0 Å². The highest BCUT2D eigenvalue weighted by atomic mass is 19.1. The average Bonchev–Trinajstić information content (AvgIpc) is 2.42. The number of carboxylic acid groups (broad SMARTS) is 1. The van der Waals surface area contributed by atoms with Crippen molar-refractivity contribution in [3.8, 4) is 0 Å². The Morgan fingerprint density at radius 1 is 1.10 bits per heavy atom. The summed E-state index contributed by atoms with van der Waals surface area (Å²) in [5.74, 6) is -2.46. The summed E-state index contributed by atoms with van der Waals surface area (Å²) in [4.78, 5) is 11.4. The molecule has 0 aliphatic rings. The van der Waals surface area contributed by atoms with Crippen LogP contribution in [0, 0.1) is 24.5 Å². The van der Waals surface area contributed by atoms with Gasteiger partial charge in [0.05, 0.1) is 5.92 Å². The number of hydrogen-bond donors (Lipinski definition) is 1. The molecular weight excluding hydrogens is 274 g/mol. The lowest BCUT2D eigenvalue weighted by Crippen LogP contribution is -2.19. The first-order valence-electron chi connectivity index (χ1n) is 6.68. The van der Waals surface area contributed by atoms with E-state index in [9.17, 15) is 18.7 Å². The van der Waals surface area contributed by atoms with Crippen molar-refractivity contribution in [3.63, 3.8) is 0 Å². The van der Waals surface area contributed by atoms with E-state index in [4.69, 9.17) is 0 Å². The highest BCUT2D eigenvalue weighted by Crippen LogP contribution is 2.19. The van der Waals surface area contributed by atoms with Gasteiger partial charge in [0.15, 0.2) is 0 Å². The predicted octanol–water partition coefficient (Wildman–Crippen LogP) is 3.76. The molecule has 2 rings (SSSR count). The van der Waals surface area contributed by atoms with Crippen molar-refractivity contribution in [1.29, 1.82) is 0 Å². The first-order chi connectivity index (χ1) is 9.95. The fourth-order valence-electron chi connectivity index (χ4n) is 2.32. The van der Waals surface area contributed by atoms with Crippen LogP contribution in [0.15, 0.2) is 42.5 Å². The van der Waals surface area contributed by atoms with Gasteiger partial charge in [-0.1, -0.05) is 18.2 Å². The maximum Gasteiger partial charge on any atom is 0.307 e. The molecule has 0 aliphatic heterocycles. The Hall–Kier alpha value is -2.23. The van der Waals surface area contributed by atoms with Crippen molar-refractivity contribution in [1.82, 2.24) is 0 Å². The third kappa shape index (κ3) is 4.12. The van der Waals surface area contributed by atoms with E-state index in [1.807, 2.05) is 6.92 Å². The summed E-state index contributed by atoms with van der Waals surface area (Å²) >= 11 is 0. The van der Waals surface area contributed by atoms with Crippen LogP contribution < -0.4 is 0 Å². The summed E-state index contributed by atoms with van der Waals surface area (Å²) in [5, 5.41) is 9.34. The SMILES string of the molecule is Cc1ccc(F)cc1CC(Cc1cccc(F)c1)C(=O)O. The quantitative estimate of drug-likeness (QED) is 0.910. The van der Waals surface area contributed by atoms with Crippen LogP contribution in [-0.4, -0.2) is 11.1 Å². The zero-order valence-corrected chi connectivity index (χ0v) is 11.6. The zero-order valence-electron chi connectivity index (χ0n) is 11.6. The van der Waals surface area contributed by atoms with Crippen molar-refractivity contribution >= 4 is 5.97 Å². The summed E-state index contributed by atoms with van der Waals surface area (Å²) < 4.78 is 26.4. The van der Waals surface area contributed by atoms with Crippen molar-refractivity contribution in [2.24, 2.45) is 5.92 Å². The van der Waals surface area contributed by atoms with E-state index in [1.165, 1.54) is 24.3 Å². The van der Waals surface area contributed by atoms with E-state index in [1.54, 1.807) is 18.2 Å². The average molecular weight is 290 g/mol. The van der Waals surface area contributed by atoms with Crippen LogP contribution in [0.4, 0.5) is 8.78 Å². The molecule has 1 N–H and O–H groups in total. The lowest BCUT2D eigenvalue weighted by molar-refractivity contribution is -0.141. The highest BCUT2D eigenvalue weighted by Gasteiger charge is 2.20. The largest absolute Gasteiger partial charge is 0.481 e. The molecule has 4 heteroatoms. The topological polar surface area (TPSA) is 37.3 Å². The molecule has 0 aliphatic carbocycles. The predicted molar refractivity (Wildman–Crippen MR) is 76.1 cm³/mol. The van der Waals surface area contributed by atoms with Gasteiger partial charge in [-0.15, -0.1) is 0 Å². The normalized spacial score (nSPS) is 12.1. The molecule has 0 amide bonds. The molecule has 2 nitrogen and oxygen atoms in total. The Morgan fingerprint density at radius 3 is 2.48 bits per heavy atom. The van der Waals surface area contributed by atoms with Crippen LogP contribution in [0.2, 0.25) is 0 Å². The Balaban J connectivity index is 2.20. The molecule has 2 aromatic carbocycles. The summed E-state index contributed by atoms with van der Waals surface area (Å²) in [6, 6.07) is 10.2. The minimum atomic E-state index is -0.970. The molecular formula is C17H16F2O2. The van der Waals surface area contributed by atoms with Crippen LogP contribution in [-0.2, 0) is 17.6 Å². The lowest BCUT2D eigenvalue weighted by Gasteiger charge is -2.14. The van der Waals surface area contributed by atoms with E-state index in [-0.39, 0.29) is 18.7 Å². The molecule has 1 atom stereocenters. The fraction of sp³-hybridized carbons (Fsp3) is 0.235. The number of halogens is 2. The third-order valence-electron chi connectivity index (χ3n) is 3.50. The molecule has 0 radical (unpaired) electrons. The van der Waals surface area contributed by atoms with Gasteiger partial charge < -0.3 is 5.11 Å². The van der Waals surface area contributed by atoms with Crippen LogP contribution in [0.25, 0.3) is 0 Å². The first-order valence-corrected chi connectivity index (χ1v) is 6.68. The minimum Gasteiger partial charge on any atom is -0.481 e. The number of carbonyl (C=O) groups is 1. The number of hydrogen-bond acceptors (Lipinski definition) is 1. The van der Waals surface area contributed by atoms with Crippen LogP contribution in [0.5, 0.6) is 0 Å². The summed E-state index contributed by atoms with van der Waals surface area (Å²) in [6.07, 6.45) is 0.429. The summed E-state index contributed by atoms with van der Waals surface area (Å²) in [6.45, 7) is 1.82. The fourth-order valence-corrected chi connectivity index (χ4v) is 2.32. The highest BCUT2D eigenvalue weighted by molar-refractivity contribution is 5.71. The Bertz CT molecular complexity index is 653. The van der Waals surface area contributed by atoms with Gasteiger partial charge in [0.25, 0.3) is 0 Å². The van der Waals surface area contributed by atoms with Crippen molar-refractivity contribution in [3.05, 3.63) is 70.8 Å². The van der Waals surface area contributed by atoms with Gasteiger partial charge in [0.1, 0.15) is 11.6 Å². The van der Waals surface area contributed by atoms with E-state index >= 15 is 0 Å². The third-order valence-corrected chi connectivity index (χ3v) is 3.50. The molecule has 0 saturated carbocycles. The second kappa shape index (κ2) is 6.48. The van der Waals surface area contributed by atoms with Gasteiger partial charge >= 0.3 is 5.97 Å². The van der Waals surface area contributed by atoms with Crippen LogP contribution in [0.3, 0.4) is 0 Å². The maximum absolute atomic E-state index is 13.3. The Morgan fingerprint density at radius 2 is 1.81 bits per heavy atom. The van der Waals surface area contributed by atoms with E-state index in [0.717, 1.165) is 5.56 Å². The lowest BCUT2D eigenvalue weighted by atomic mass is 9.91. The van der Waals surface area contributed by atoms with Gasteiger partial charge in [-0.3, -0.25) is 4.79 Å². The number of aryl methyl sites for hydroxylation is 1. The van der Waals surface area contributed by atoms with Gasteiger partial charge in [-0.2, -0.15) is 0 Å². The number of rotatable bonds is 5. The second-order valence-electron chi connectivity index (χ2n) is 5.14. The number of aliphatic carboxylic acids is 1. The minimum absolute atomic E-state index is 0.211. The monoisotopic (exact) mass is 290 g/mol. The maximum atomic E-state index is 13.3. The number of benzene rings is 2. The van der Waals surface area contributed by atoms with E-state index in [0.29, 0.717) is 11.1 Å². The number of carboxylic acids is 1. The smallest absolute Gasteiger partial charge is 0.307 e. The summed E-state index contributed by atoms with van der Waals surface area (Å²) in [5.41, 5.74) is 2.14. The van der Waals surface area contributed by atoms with E-state index < -0.39 is 17.7 Å². The first kappa shape index (κ1) is 15.2. The molecule has 0 saturated heterocycles. The molecule has 110 valence electrons. The van der Waals surface area contributed by atoms with Gasteiger partial charge in [-0.05, 0) is 60.7 Å². The van der Waals surface area contributed by atoms with Crippen molar-refractivity contribution < 1.29 is 18.7 Å². The van der Waals surface area contributed by atoms with E-state index in [2.05, 4.69) is 0 Å². The molecule has 0 bridgehead atoms. The molecule has 0 spiro atoms. The van der Waals surface area contributed by atoms with Crippen LogP contribution in [0.1, 0.15) is 16.7 Å². The molecule has 0 fully saturated rings. The molecule has 1 unspecified atom stereocenters. The van der Waals surface area contributed by atoms with Crippen LogP contribution >= 0.6 is 0 Å². The molecule has 0 heterocycles. The zero-order chi connectivity index (χ0) is 15.4. The molecule has 0 aromatic heterocycles. The van der Waals surface area contributed by atoms with Gasteiger partial charge in [-0.25, -0.2) is 8.78 Å². The molecule has 2 aromatic rings. The molecule has 21 heavy (non-hydrogen) atoms. The van der Waals surface area contributed by atoms with Crippen molar-refractivity contribution in [2.45, 2.75) is 19.8 Å². The Labute approximate surface area is 122 Å². The second-order valence-corrected chi connectivity index (χ2v) is 5.14.